The number of nitrogens with one attached hydrogen (secondary N) is 2. The third-order valence-corrected chi connectivity index (χ3v) is 3.44. The number of hydrogen-bond donors (Lipinski definition) is 2. The lowest BCUT2D eigenvalue weighted by Crippen LogP contribution is -1.92. The lowest BCUT2D eigenvalue weighted by molar-refractivity contribution is 0.356. The highest BCUT2D eigenvalue weighted by molar-refractivity contribution is 6.33. The van der Waals surface area contributed by atoms with Crippen molar-refractivity contribution in [2.45, 2.75) is 0 Å². The molecule has 0 aliphatic heterocycles. The third-order valence-electron chi connectivity index (χ3n) is 3.11. The topological polar surface area (TPSA) is 59.2 Å². The molecular weight excluding hydrogens is 290 g/mol. The van der Waals surface area contributed by atoms with Crippen molar-refractivity contribution < 1.29 is 9.47 Å². The van der Waals surface area contributed by atoms with Gasteiger partial charge in [0.15, 0.2) is 11.5 Å². The van der Waals surface area contributed by atoms with E-state index in [9.17, 15) is 0 Å². The molecule has 0 radical (unpaired) electrons. The van der Waals surface area contributed by atoms with Gasteiger partial charge in [-0.15, -0.1) is 0 Å². The summed E-state index contributed by atoms with van der Waals surface area (Å²) in [6.07, 6.45) is 0. The molecule has 2 N–H and O–H groups in total. The molecule has 108 valence electrons. The van der Waals surface area contributed by atoms with Crippen molar-refractivity contribution in [2.24, 2.45) is 0 Å². The minimum Gasteiger partial charge on any atom is -0.493 e. The summed E-state index contributed by atoms with van der Waals surface area (Å²) in [5.41, 5.74) is 2.42. The van der Waals surface area contributed by atoms with Crippen LogP contribution in [0.25, 0.3) is 11.0 Å². The lowest BCUT2D eigenvalue weighted by atomic mass is 10.3. The average molecular weight is 304 g/mol. The van der Waals surface area contributed by atoms with Crippen LogP contribution in [0.1, 0.15) is 0 Å². The fraction of sp³-hybridized carbons (Fsp3) is 0.133. The van der Waals surface area contributed by atoms with E-state index in [2.05, 4.69) is 15.3 Å². The second-order valence-electron chi connectivity index (χ2n) is 4.41. The van der Waals surface area contributed by atoms with Crippen LogP contribution < -0.4 is 14.8 Å². The van der Waals surface area contributed by atoms with Gasteiger partial charge < -0.3 is 19.8 Å². The molecule has 0 saturated heterocycles. The third kappa shape index (κ3) is 2.60. The summed E-state index contributed by atoms with van der Waals surface area (Å²) in [7, 11) is 3.20. The van der Waals surface area contributed by atoms with Crippen LogP contribution in [0, 0.1) is 0 Å². The van der Waals surface area contributed by atoms with Crippen molar-refractivity contribution in [2.75, 3.05) is 19.5 Å². The van der Waals surface area contributed by atoms with Gasteiger partial charge in [-0.25, -0.2) is 4.98 Å². The first-order chi connectivity index (χ1) is 10.2. The predicted octanol–water partition coefficient (Wildman–Crippen LogP) is 3.98. The summed E-state index contributed by atoms with van der Waals surface area (Å²) in [5, 5.41) is 3.79. The Bertz CT molecular complexity index is 745. The summed E-state index contributed by atoms with van der Waals surface area (Å²) in [6, 6.07) is 11.2. The molecule has 0 saturated carbocycles. The van der Waals surface area contributed by atoms with Crippen LogP contribution in [-0.4, -0.2) is 24.2 Å². The van der Waals surface area contributed by atoms with Crippen LogP contribution >= 0.6 is 11.6 Å². The molecule has 1 heterocycles. The van der Waals surface area contributed by atoms with Gasteiger partial charge in [-0.3, -0.25) is 0 Å². The van der Waals surface area contributed by atoms with Gasteiger partial charge in [0.2, 0.25) is 5.95 Å². The molecule has 3 rings (SSSR count). The van der Waals surface area contributed by atoms with Crippen molar-refractivity contribution >= 4 is 34.3 Å². The molecule has 0 atom stereocenters. The van der Waals surface area contributed by atoms with Crippen molar-refractivity contribution in [1.29, 1.82) is 0 Å². The number of anilines is 2. The second-order valence-corrected chi connectivity index (χ2v) is 4.82. The predicted molar refractivity (Wildman–Crippen MR) is 83.9 cm³/mol. The number of aromatic amines is 1. The van der Waals surface area contributed by atoms with Crippen LogP contribution in [0.2, 0.25) is 5.02 Å². The fourth-order valence-corrected chi connectivity index (χ4v) is 2.27. The molecule has 0 amide bonds. The molecule has 0 aliphatic carbocycles. The van der Waals surface area contributed by atoms with E-state index in [1.165, 1.54) is 0 Å². The molecule has 1 aromatic heterocycles. The number of para-hydroxylation sites is 1. The highest BCUT2D eigenvalue weighted by Crippen LogP contribution is 2.32. The van der Waals surface area contributed by atoms with Crippen LogP contribution in [0.15, 0.2) is 36.4 Å². The number of nitrogens with zero attached hydrogens (tertiary/aromatic N) is 1. The molecule has 0 aliphatic rings. The number of H-pyrrole nitrogens is 1. The first kappa shape index (κ1) is 13.6. The number of aromatic nitrogens is 2. The number of rotatable bonds is 4. The van der Waals surface area contributed by atoms with Gasteiger partial charge in [-0.05, 0) is 12.1 Å². The first-order valence-electron chi connectivity index (χ1n) is 6.34. The van der Waals surface area contributed by atoms with E-state index in [1.807, 2.05) is 36.4 Å². The van der Waals surface area contributed by atoms with E-state index >= 15 is 0 Å². The van der Waals surface area contributed by atoms with Gasteiger partial charge >= 0.3 is 0 Å². The maximum atomic E-state index is 6.12. The SMILES string of the molecule is COc1cc2nc(Nc3ccccc3Cl)[nH]c2cc1OC. The largest absolute Gasteiger partial charge is 0.493 e. The Balaban J connectivity index is 1.99. The molecule has 6 heteroatoms. The molecule has 3 aromatic rings. The Morgan fingerprint density at radius 2 is 1.81 bits per heavy atom. The fourth-order valence-electron chi connectivity index (χ4n) is 2.09. The van der Waals surface area contributed by atoms with Gasteiger partial charge in [-0.2, -0.15) is 0 Å². The van der Waals surface area contributed by atoms with Gasteiger partial charge in [0, 0.05) is 12.1 Å². The number of imidazole rings is 1. The summed E-state index contributed by atoms with van der Waals surface area (Å²) >= 11 is 6.12. The average Bonchev–Trinajstić information content (AvgIpc) is 2.89. The Labute approximate surface area is 126 Å². The number of halogens is 1. The Morgan fingerprint density at radius 3 is 2.52 bits per heavy atom. The lowest BCUT2D eigenvalue weighted by Gasteiger charge is -2.06. The van der Waals surface area contributed by atoms with E-state index in [-0.39, 0.29) is 0 Å². The van der Waals surface area contributed by atoms with E-state index in [0.717, 1.165) is 16.7 Å². The number of hydrogen-bond acceptors (Lipinski definition) is 4. The molecule has 5 nitrogen and oxygen atoms in total. The van der Waals surface area contributed by atoms with Crippen molar-refractivity contribution in [3.8, 4) is 11.5 Å². The van der Waals surface area contributed by atoms with Gasteiger partial charge in [0.1, 0.15) is 0 Å². The quantitative estimate of drug-likeness (QED) is 0.765. The zero-order valence-corrected chi connectivity index (χ0v) is 12.4. The van der Waals surface area contributed by atoms with Crippen LogP contribution in [0.4, 0.5) is 11.6 Å². The van der Waals surface area contributed by atoms with Crippen LogP contribution in [0.5, 0.6) is 11.5 Å². The molecule has 2 aromatic carbocycles. The van der Waals surface area contributed by atoms with E-state index < -0.39 is 0 Å². The van der Waals surface area contributed by atoms with Gasteiger partial charge in [0.25, 0.3) is 0 Å². The standard InChI is InChI=1S/C15H14ClN3O2/c1-20-13-7-11-12(8-14(13)21-2)19-15(18-11)17-10-6-4-3-5-9(10)16/h3-8H,1-2H3,(H2,17,18,19). The van der Waals surface area contributed by atoms with Gasteiger partial charge in [-0.1, -0.05) is 23.7 Å². The first-order valence-corrected chi connectivity index (χ1v) is 6.72. The highest BCUT2D eigenvalue weighted by Gasteiger charge is 2.10. The van der Waals surface area contributed by atoms with Crippen molar-refractivity contribution in [3.05, 3.63) is 41.4 Å². The molecule has 0 unspecified atom stereocenters. The highest BCUT2D eigenvalue weighted by atomic mass is 35.5. The zero-order chi connectivity index (χ0) is 14.8. The monoisotopic (exact) mass is 303 g/mol. The van der Waals surface area contributed by atoms with Crippen molar-refractivity contribution in [1.82, 2.24) is 9.97 Å². The summed E-state index contributed by atoms with van der Waals surface area (Å²) in [6.45, 7) is 0. The Morgan fingerprint density at radius 1 is 1.10 bits per heavy atom. The Kier molecular flexibility index (Phi) is 3.58. The molecule has 0 spiro atoms. The maximum Gasteiger partial charge on any atom is 0.205 e. The second kappa shape index (κ2) is 5.54. The smallest absolute Gasteiger partial charge is 0.205 e. The summed E-state index contributed by atoms with van der Waals surface area (Å²) < 4.78 is 10.5. The van der Waals surface area contributed by atoms with Crippen molar-refractivity contribution in [3.63, 3.8) is 0 Å². The normalized spacial score (nSPS) is 10.6. The van der Waals surface area contributed by atoms with E-state index in [4.69, 9.17) is 21.1 Å². The van der Waals surface area contributed by atoms with E-state index in [1.54, 1.807) is 14.2 Å². The molecule has 0 fully saturated rings. The van der Waals surface area contributed by atoms with Crippen LogP contribution in [-0.2, 0) is 0 Å². The maximum absolute atomic E-state index is 6.12. The minimum absolute atomic E-state index is 0.605. The summed E-state index contributed by atoms with van der Waals surface area (Å²) in [5.74, 6) is 1.90. The van der Waals surface area contributed by atoms with Crippen LogP contribution in [0.3, 0.4) is 0 Å². The zero-order valence-electron chi connectivity index (χ0n) is 11.6. The van der Waals surface area contributed by atoms with E-state index in [0.29, 0.717) is 22.5 Å². The number of fused-ring (bicyclic) bond motifs is 1. The summed E-state index contributed by atoms with van der Waals surface area (Å²) in [4.78, 5) is 7.65. The number of benzene rings is 2. The number of ether oxygens (including phenoxy) is 2. The molecular formula is C15H14ClN3O2. The Hall–Kier alpha value is -2.40. The molecule has 0 bridgehead atoms. The number of methoxy groups -OCH3 is 2. The van der Waals surface area contributed by atoms with Gasteiger partial charge in [0.05, 0.1) is 36.0 Å². The minimum atomic E-state index is 0.605. The molecule has 21 heavy (non-hydrogen) atoms.